The number of aliphatic hydroxyl groups is 1. The highest BCUT2D eigenvalue weighted by Crippen LogP contribution is 2.52. The molecule has 3 aliphatic carbocycles. The highest BCUT2D eigenvalue weighted by molar-refractivity contribution is 5.83. The number of rotatable bonds is 4. The van der Waals surface area contributed by atoms with Gasteiger partial charge in [-0.3, -0.25) is 4.98 Å². The number of ether oxygens (including phenoxy) is 1. The number of pyridine rings is 1. The number of methoxy groups -OCH3 is 1. The summed E-state index contributed by atoms with van der Waals surface area (Å²) in [5.41, 5.74) is 1.91. The van der Waals surface area contributed by atoms with Gasteiger partial charge in [-0.15, -0.1) is 6.58 Å². The summed E-state index contributed by atoms with van der Waals surface area (Å²) in [6, 6.07) is 7.85. The molecule has 0 saturated heterocycles. The Balaban J connectivity index is 1.69. The monoisotopic (exact) mass is 323 g/mol. The summed E-state index contributed by atoms with van der Waals surface area (Å²) in [4.78, 5) is 4.44. The van der Waals surface area contributed by atoms with Crippen molar-refractivity contribution in [2.45, 2.75) is 31.8 Å². The van der Waals surface area contributed by atoms with E-state index in [4.69, 9.17) is 4.74 Å². The van der Waals surface area contributed by atoms with Gasteiger partial charge in [-0.1, -0.05) is 6.08 Å². The van der Waals surface area contributed by atoms with Crippen LogP contribution in [0.1, 0.15) is 37.4 Å². The van der Waals surface area contributed by atoms with E-state index in [0.29, 0.717) is 23.7 Å². The maximum atomic E-state index is 11.2. The molecule has 3 heteroatoms. The number of aliphatic hydroxyl groups excluding tert-OH is 1. The van der Waals surface area contributed by atoms with Crippen molar-refractivity contribution in [3.8, 4) is 5.75 Å². The van der Waals surface area contributed by atoms with Crippen LogP contribution < -0.4 is 4.74 Å². The van der Waals surface area contributed by atoms with Crippen LogP contribution in [0, 0.1) is 23.7 Å². The van der Waals surface area contributed by atoms with Crippen molar-refractivity contribution in [2.24, 2.45) is 23.7 Å². The van der Waals surface area contributed by atoms with E-state index in [9.17, 15) is 5.11 Å². The zero-order chi connectivity index (χ0) is 16.7. The third-order valence-corrected chi connectivity index (χ3v) is 6.28. The molecular weight excluding hydrogens is 298 g/mol. The molecule has 3 saturated carbocycles. The summed E-state index contributed by atoms with van der Waals surface area (Å²) >= 11 is 0. The molecule has 24 heavy (non-hydrogen) atoms. The first-order valence-corrected chi connectivity index (χ1v) is 8.94. The van der Waals surface area contributed by atoms with E-state index in [1.807, 2.05) is 24.3 Å². The van der Waals surface area contributed by atoms with Gasteiger partial charge in [0.1, 0.15) is 5.75 Å². The van der Waals surface area contributed by atoms with Gasteiger partial charge in [-0.2, -0.15) is 0 Å². The highest BCUT2D eigenvalue weighted by atomic mass is 16.5. The van der Waals surface area contributed by atoms with Gasteiger partial charge in [-0.25, -0.2) is 0 Å². The minimum atomic E-state index is -0.429. The van der Waals surface area contributed by atoms with Gasteiger partial charge in [0.15, 0.2) is 0 Å². The first-order chi connectivity index (χ1) is 11.7. The topological polar surface area (TPSA) is 42.4 Å². The Morgan fingerprint density at radius 3 is 2.79 bits per heavy atom. The van der Waals surface area contributed by atoms with Crippen LogP contribution in [0.3, 0.4) is 0 Å². The quantitative estimate of drug-likeness (QED) is 0.842. The van der Waals surface area contributed by atoms with E-state index < -0.39 is 6.10 Å². The van der Waals surface area contributed by atoms with Crippen LogP contribution in [0.4, 0.5) is 0 Å². The van der Waals surface area contributed by atoms with Gasteiger partial charge in [0.2, 0.25) is 0 Å². The van der Waals surface area contributed by atoms with Crippen LogP contribution in [-0.2, 0) is 0 Å². The molecule has 0 radical (unpaired) electrons. The van der Waals surface area contributed by atoms with Crippen molar-refractivity contribution < 1.29 is 9.84 Å². The molecule has 0 aliphatic heterocycles. The fraction of sp³-hybridized carbons (Fsp3) is 0.476. The zero-order valence-corrected chi connectivity index (χ0v) is 14.2. The Morgan fingerprint density at radius 1 is 1.25 bits per heavy atom. The molecule has 3 fully saturated rings. The van der Waals surface area contributed by atoms with Gasteiger partial charge in [0, 0.05) is 11.6 Å². The van der Waals surface area contributed by atoms with Gasteiger partial charge in [0.25, 0.3) is 0 Å². The third-order valence-electron chi connectivity index (χ3n) is 6.28. The van der Waals surface area contributed by atoms with E-state index >= 15 is 0 Å². The van der Waals surface area contributed by atoms with Crippen LogP contribution in [0.2, 0.25) is 0 Å². The molecular formula is C21H25NO2. The minimum Gasteiger partial charge on any atom is -0.497 e. The summed E-state index contributed by atoms with van der Waals surface area (Å²) in [6.45, 7) is 4.01. The molecule has 5 atom stereocenters. The predicted octanol–water partition coefficient (Wildman–Crippen LogP) is 4.52. The van der Waals surface area contributed by atoms with E-state index in [1.165, 1.54) is 19.3 Å². The maximum absolute atomic E-state index is 11.2. The Morgan fingerprint density at radius 2 is 2.08 bits per heavy atom. The number of aromatic nitrogens is 1. The van der Waals surface area contributed by atoms with E-state index in [2.05, 4.69) is 17.6 Å². The second-order valence-electron chi connectivity index (χ2n) is 7.36. The lowest BCUT2D eigenvalue weighted by molar-refractivity contribution is -0.0217. The van der Waals surface area contributed by atoms with Crippen molar-refractivity contribution in [3.63, 3.8) is 0 Å². The molecule has 2 bridgehead atoms. The van der Waals surface area contributed by atoms with Gasteiger partial charge < -0.3 is 9.84 Å². The van der Waals surface area contributed by atoms with Crippen LogP contribution in [-0.4, -0.2) is 17.2 Å². The first kappa shape index (κ1) is 15.6. The number of nitrogens with zero attached hydrogens (tertiary/aromatic N) is 1. The van der Waals surface area contributed by atoms with Crippen LogP contribution in [0.25, 0.3) is 10.9 Å². The highest BCUT2D eigenvalue weighted by Gasteiger charge is 2.43. The van der Waals surface area contributed by atoms with E-state index in [-0.39, 0.29) is 0 Å². The lowest BCUT2D eigenvalue weighted by Gasteiger charge is -2.48. The zero-order valence-electron chi connectivity index (χ0n) is 14.2. The van der Waals surface area contributed by atoms with Crippen LogP contribution >= 0.6 is 0 Å². The standard InChI is InChI=1S/C21H25NO2/c1-3-13-10-15-5-4-14(13)11-18(15)21(23)17-8-9-22-20-7-6-16(24-2)12-19(17)20/h3,6-9,12-15,18,21,23H,1,4-5,10-11H2,2H3/t13?,14?,15-,18-,21-/m1/s1. The van der Waals surface area contributed by atoms with Crippen LogP contribution in [0.5, 0.6) is 5.75 Å². The molecule has 1 N–H and O–H groups in total. The Kier molecular flexibility index (Phi) is 4.05. The Hall–Kier alpha value is -1.87. The SMILES string of the molecule is C=CC1C[C@H]2CCC1C[C@H]2[C@H](O)c1ccnc2ccc(OC)cc12. The third kappa shape index (κ3) is 2.51. The van der Waals surface area contributed by atoms with E-state index in [0.717, 1.165) is 28.6 Å². The van der Waals surface area contributed by atoms with Gasteiger partial charge in [-0.05, 0) is 79.2 Å². The summed E-state index contributed by atoms with van der Waals surface area (Å²) < 4.78 is 5.36. The van der Waals surface area contributed by atoms with Gasteiger partial charge in [0.05, 0.1) is 18.7 Å². The molecule has 0 amide bonds. The molecule has 1 aromatic carbocycles. The fourth-order valence-electron chi connectivity index (χ4n) is 4.96. The number of benzene rings is 1. The summed E-state index contributed by atoms with van der Waals surface area (Å²) in [7, 11) is 1.67. The van der Waals surface area contributed by atoms with E-state index in [1.54, 1.807) is 13.3 Å². The lowest BCUT2D eigenvalue weighted by atomic mass is 9.58. The minimum absolute atomic E-state index is 0.344. The first-order valence-electron chi connectivity index (χ1n) is 8.94. The molecule has 126 valence electrons. The van der Waals surface area contributed by atoms with Crippen LogP contribution in [0.15, 0.2) is 43.1 Å². The molecule has 2 aromatic rings. The van der Waals surface area contributed by atoms with Crippen molar-refractivity contribution in [1.29, 1.82) is 0 Å². The maximum Gasteiger partial charge on any atom is 0.119 e. The van der Waals surface area contributed by atoms with Crippen molar-refractivity contribution in [3.05, 3.63) is 48.7 Å². The average Bonchev–Trinajstić information content (AvgIpc) is 2.66. The average molecular weight is 323 g/mol. The number of allylic oxidation sites excluding steroid dienone is 1. The molecule has 1 heterocycles. The number of fused-ring (bicyclic) bond motifs is 4. The Bertz CT molecular complexity index is 757. The predicted molar refractivity (Wildman–Crippen MR) is 95.9 cm³/mol. The number of hydrogen-bond acceptors (Lipinski definition) is 3. The fourth-order valence-corrected chi connectivity index (χ4v) is 4.96. The summed E-state index contributed by atoms with van der Waals surface area (Å²) in [5, 5.41) is 12.2. The van der Waals surface area contributed by atoms with Crippen molar-refractivity contribution in [2.75, 3.05) is 7.11 Å². The summed E-state index contributed by atoms with van der Waals surface area (Å²) in [5.74, 6) is 3.08. The smallest absolute Gasteiger partial charge is 0.119 e. The van der Waals surface area contributed by atoms with Crippen molar-refractivity contribution in [1.82, 2.24) is 4.98 Å². The normalized spacial score (nSPS) is 30.2. The molecule has 5 rings (SSSR count). The number of hydrogen-bond donors (Lipinski definition) is 1. The summed E-state index contributed by atoms with van der Waals surface area (Å²) in [6.07, 6.45) is 8.32. The van der Waals surface area contributed by atoms with Gasteiger partial charge >= 0.3 is 0 Å². The second-order valence-corrected chi connectivity index (χ2v) is 7.36. The van der Waals surface area contributed by atoms with Crippen molar-refractivity contribution >= 4 is 10.9 Å². The molecule has 0 spiro atoms. The second kappa shape index (κ2) is 6.21. The lowest BCUT2D eigenvalue weighted by Crippen LogP contribution is -2.39. The Labute approximate surface area is 143 Å². The molecule has 3 nitrogen and oxygen atoms in total. The largest absolute Gasteiger partial charge is 0.497 e. The molecule has 1 aromatic heterocycles. The molecule has 2 unspecified atom stereocenters. The molecule has 3 aliphatic rings.